The van der Waals surface area contributed by atoms with E-state index in [1.165, 1.54) is 10.4 Å². The maximum absolute atomic E-state index is 12.6. The summed E-state index contributed by atoms with van der Waals surface area (Å²) >= 11 is 9.70. The van der Waals surface area contributed by atoms with Gasteiger partial charge in [-0.05, 0) is 42.0 Å². The van der Waals surface area contributed by atoms with Crippen LogP contribution in [0.3, 0.4) is 0 Å². The zero-order valence-electron chi connectivity index (χ0n) is 10.9. The lowest BCUT2D eigenvalue weighted by Crippen LogP contribution is -2.00. The van der Waals surface area contributed by atoms with Gasteiger partial charge < -0.3 is 4.74 Å². The quantitative estimate of drug-likeness (QED) is 0.781. The Hall–Kier alpha value is -0.970. The molecule has 0 fully saturated rings. The number of halogens is 1. The Morgan fingerprint density at radius 1 is 1.35 bits per heavy atom. The van der Waals surface area contributed by atoms with Gasteiger partial charge in [-0.3, -0.25) is 4.79 Å². The third-order valence-electron chi connectivity index (χ3n) is 3.27. The molecule has 0 spiro atoms. The molecular formula is C15H13ClO2S2. The van der Waals surface area contributed by atoms with Gasteiger partial charge in [0, 0.05) is 16.2 Å². The van der Waals surface area contributed by atoms with Gasteiger partial charge in [-0.25, -0.2) is 0 Å². The number of aryl methyl sites for hydroxylation is 1. The fourth-order valence-electron chi connectivity index (χ4n) is 2.20. The van der Waals surface area contributed by atoms with Crippen molar-refractivity contribution in [3.05, 3.63) is 50.2 Å². The third kappa shape index (κ3) is 2.60. The number of rotatable bonds is 3. The SMILES string of the molecule is COc1ccc(C(=O)c2cc3c(s2)CCSC3)c(Cl)c1. The minimum atomic E-state index is 0.00190. The van der Waals surface area contributed by atoms with Gasteiger partial charge in [-0.15, -0.1) is 11.3 Å². The predicted molar refractivity (Wildman–Crippen MR) is 85.6 cm³/mol. The number of ketones is 1. The Labute approximate surface area is 131 Å². The smallest absolute Gasteiger partial charge is 0.204 e. The van der Waals surface area contributed by atoms with Crippen molar-refractivity contribution in [2.75, 3.05) is 12.9 Å². The Morgan fingerprint density at radius 3 is 2.90 bits per heavy atom. The van der Waals surface area contributed by atoms with Crippen molar-refractivity contribution >= 4 is 40.5 Å². The number of ether oxygens (including phenoxy) is 1. The topological polar surface area (TPSA) is 26.3 Å². The molecule has 1 aromatic carbocycles. The average Bonchev–Trinajstić information content (AvgIpc) is 2.90. The molecule has 0 aliphatic carbocycles. The molecule has 1 aliphatic heterocycles. The van der Waals surface area contributed by atoms with Crippen LogP contribution in [0.1, 0.15) is 25.7 Å². The van der Waals surface area contributed by atoms with E-state index >= 15 is 0 Å². The lowest BCUT2D eigenvalue weighted by molar-refractivity contribution is 0.104. The van der Waals surface area contributed by atoms with Gasteiger partial charge in [-0.2, -0.15) is 11.8 Å². The summed E-state index contributed by atoms with van der Waals surface area (Å²) in [6.07, 6.45) is 1.06. The van der Waals surface area contributed by atoms with Crippen molar-refractivity contribution in [2.45, 2.75) is 12.2 Å². The highest BCUT2D eigenvalue weighted by atomic mass is 35.5. The van der Waals surface area contributed by atoms with Crippen LogP contribution in [0.5, 0.6) is 5.75 Å². The molecule has 0 radical (unpaired) electrons. The van der Waals surface area contributed by atoms with Gasteiger partial charge in [-0.1, -0.05) is 11.6 Å². The summed E-state index contributed by atoms with van der Waals surface area (Å²) in [6, 6.07) is 7.20. The zero-order chi connectivity index (χ0) is 14.1. The van der Waals surface area contributed by atoms with E-state index in [9.17, 15) is 4.79 Å². The molecule has 104 valence electrons. The zero-order valence-corrected chi connectivity index (χ0v) is 13.3. The molecule has 2 heterocycles. The van der Waals surface area contributed by atoms with Gasteiger partial charge in [0.2, 0.25) is 5.78 Å². The van der Waals surface area contributed by atoms with Crippen molar-refractivity contribution in [1.29, 1.82) is 0 Å². The predicted octanol–water partition coefficient (Wildman–Crippen LogP) is 4.43. The number of fused-ring (bicyclic) bond motifs is 1. The fraction of sp³-hybridized carbons (Fsp3) is 0.267. The van der Waals surface area contributed by atoms with Crippen LogP contribution >= 0.6 is 34.7 Å². The summed E-state index contributed by atoms with van der Waals surface area (Å²) in [6.45, 7) is 0. The number of carbonyl (C=O) groups excluding carboxylic acids is 1. The van der Waals surface area contributed by atoms with Crippen molar-refractivity contribution in [2.24, 2.45) is 0 Å². The van der Waals surface area contributed by atoms with E-state index in [2.05, 4.69) is 0 Å². The monoisotopic (exact) mass is 324 g/mol. The highest BCUT2D eigenvalue weighted by molar-refractivity contribution is 7.98. The van der Waals surface area contributed by atoms with Crippen LogP contribution < -0.4 is 4.74 Å². The largest absolute Gasteiger partial charge is 0.497 e. The molecule has 20 heavy (non-hydrogen) atoms. The van der Waals surface area contributed by atoms with Crippen LogP contribution in [0.4, 0.5) is 0 Å². The first-order chi connectivity index (χ1) is 9.69. The van der Waals surface area contributed by atoms with Crippen LogP contribution in [0, 0.1) is 0 Å². The summed E-state index contributed by atoms with van der Waals surface area (Å²) in [5, 5.41) is 0.440. The van der Waals surface area contributed by atoms with Crippen LogP contribution in [-0.4, -0.2) is 18.6 Å². The third-order valence-corrected chi connectivity index (χ3v) is 5.83. The first kappa shape index (κ1) is 14.0. The number of methoxy groups -OCH3 is 1. The second-order valence-corrected chi connectivity index (χ2v) is 7.19. The highest BCUT2D eigenvalue weighted by Crippen LogP contribution is 2.34. The average molecular weight is 325 g/mol. The van der Waals surface area contributed by atoms with E-state index in [0.29, 0.717) is 16.3 Å². The first-order valence-electron chi connectivity index (χ1n) is 6.26. The lowest BCUT2D eigenvalue weighted by atomic mass is 10.1. The van der Waals surface area contributed by atoms with Gasteiger partial charge in [0.1, 0.15) is 5.75 Å². The molecule has 0 saturated heterocycles. The van der Waals surface area contributed by atoms with Gasteiger partial charge in [0.25, 0.3) is 0 Å². The number of benzene rings is 1. The molecular weight excluding hydrogens is 312 g/mol. The minimum Gasteiger partial charge on any atom is -0.497 e. The van der Waals surface area contributed by atoms with Crippen molar-refractivity contribution in [3.8, 4) is 5.75 Å². The summed E-state index contributed by atoms with van der Waals surface area (Å²) in [5.41, 5.74) is 1.85. The Bertz CT molecular complexity index is 640. The van der Waals surface area contributed by atoms with Gasteiger partial charge >= 0.3 is 0 Å². The van der Waals surface area contributed by atoms with Crippen molar-refractivity contribution in [1.82, 2.24) is 0 Å². The number of hydrogen-bond acceptors (Lipinski definition) is 4. The second kappa shape index (κ2) is 5.80. The molecule has 0 atom stereocenters. The highest BCUT2D eigenvalue weighted by Gasteiger charge is 2.20. The molecule has 1 aliphatic rings. The van der Waals surface area contributed by atoms with Crippen molar-refractivity contribution in [3.63, 3.8) is 0 Å². The molecule has 2 aromatic rings. The number of thiophene rings is 1. The van der Waals surface area contributed by atoms with Crippen molar-refractivity contribution < 1.29 is 9.53 Å². The van der Waals surface area contributed by atoms with Crippen LogP contribution in [0.15, 0.2) is 24.3 Å². The molecule has 0 N–H and O–H groups in total. The Kier molecular flexibility index (Phi) is 4.06. The Morgan fingerprint density at radius 2 is 2.20 bits per heavy atom. The van der Waals surface area contributed by atoms with Crippen LogP contribution in [0.2, 0.25) is 5.02 Å². The maximum atomic E-state index is 12.6. The lowest BCUT2D eigenvalue weighted by Gasteiger charge is -2.08. The molecule has 1 aromatic heterocycles. The van der Waals surface area contributed by atoms with E-state index in [1.54, 1.807) is 36.6 Å². The maximum Gasteiger partial charge on any atom is 0.204 e. The van der Waals surface area contributed by atoms with E-state index in [-0.39, 0.29) is 5.78 Å². The molecule has 5 heteroatoms. The number of carbonyl (C=O) groups is 1. The summed E-state index contributed by atoms with van der Waals surface area (Å²) in [4.78, 5) is 14.7. The van der Waals surface area contributed by atoms with E-state index in [0.717, 1.165) is 22.8 Å². The standard InChI is InChI=1S/C15H13ClO2S2/c1-18-10-2-3-11(12(16)7-10)15(17)14-6-9-8-19-5-4-13(9)20-14/h2-3,6-7H,4-5,8H2,1H3. The normalized spacial score (nSPS) is 13.9. The van der Waals surface area contributed by atoms with Gasteiger partial charge in [0.15, 0.2) is 0 Å². The molecule has 0 amide bonds. The molecule has 3 rings (SSSR count). The van der Waals surface area contributed by atoms with Crippen LogP contribution in [-0.2, 0) is 12.2 Å². The number of thioether (sulfide) groups is 1. The van der Waals surface area contributed by atoms with Gasteiger partial charge in [0.05, 0.1) is 17.0 Å². The summed E-state index contributed by atoms with van der Waals surface area (Å²) in [7, 11) is 1.58. The minimum absolute atomic E-state index is 0.00190. The first-order valence-corrected chi connectivity index (χ1v) is 8.61. The van der Waals surface area contributed by atoms with Crippen LogP contribution in [0.25, 0.3) is 0 Å². The summed E-state index contributed by atoms with van der Waals surface area (Å²) in [5.74, 6) is 2.82. The molecule has 0 unspecified atom stereocenters. The summed E-state index contributed by atoms with van der Waals surface area (Å²) < 4.78 is 5.11. The molecule has 0 bridgehead atoms. The Balaban J connectivity index is 1.94. The molecule has 2 nitrogen and oxygen atoms in total. The van der Waals surface area contributed by atoms with E-state index in [1.807, 2.05) is 17.8 Å². The number of hydrogen-bond donors (Lipinski definition) is 0. The van der Waals surface area contributed by atoms with E-state index in [4.69, 9.17) is 16.3 Å². The molecule has 0 saturated carbocycles. The second-order valence-electron chi connectivity index (χ2n) is 4.54. The van der Waals surface area contributed by atoms with E-state index < -0.39 is 0 Å². The fourth-order valence-corrected chi connectivity index (χ4v) is 4.78.